The monoisotopic (exact) mass is 351 g/mol. The normalized spacial score (nSPS) is 10.8. The van der Waals surface area contributed by atoms with Crippen molar-refractivity contribution in [3.8, 4) is 0 Å². The van der Waals surface area contributed by atoms with E-state index in [-0.39, 0.29) is 11.4 Å². The summed E-state index contributed by atoms with van der Waals surface area (Å²) in [4.78, 5) is 21.9. The SMILES string of the molecule is Cc1cc(C(=O)N/N=C/c2ccc(Br)c([N+](=O)[O-])c2)n[nH]1. The van der Waals surface area contributed by atoms with Gasteiger partial charge in [-0.3, -0.25) is 20.0 Å². The quantitative estimate of drug-likeness (QED) is 0.499. The highest BCUT2D eigenvalue weighted by molar-refractivity contribution is 9.10. The van der Waals surface area contributed by atoms with E-state index in [2.05, 4.69) is 36.7 Å². The molecule has 2 aromatic rings. The van der Waals surface area contributed by atoms with Crippen LogP contribution in [0.15, 0.2) is 33.8 Å². The summed E-state index contributed by atoms with van der Waals surface area (Å²) in [5.74, 6) is -0.470. The molecule has 8 nitrogen and oxygen atoms in total. The number of hydrogen-bond acceptors (Lipinski definition) is 5. The maximum absolute atomic E-state index is 11.7. The molecule has 1 aromatic carbocycles. The summed E-state index contributed by atoms with van der Waals surface area (Å²) in [7, 11) is 0. The highest BCUT2D eigenvalue weighted by atomic mass is 79.9. The zero-order valence-electron chi connectivity index (χ0n) is 10.8. The van der Waals surface area contributed by atoms with Crippen LogP contribution in [0.1, 0.15) is 21.7 Å². The Morgan fingerprint density at radius 1 is 1.52 bits per heavy atom. The van der Waals surface area contributed by atoms with Gasteiger partial charge in [0.1, 0.15) is 0 Å². The number of nitro benzene ring substituents is 1. The Morgan fingerprint density at radius 3 is 2.90 bits per heavy atom. The molecule has 1 heterocycles. The molecule has 0 aliphatic heterocycles. The van der Waals surface area contributed by atoms with Crippen LogP contribution in [-0.2, 0) is 0 Å². The van der Waals surface area contributed by atoms with Crippen molar-refractivity contribution in [2.75, 3.05) is 0 Å². The van der Waals surface area contributed by atoms with Crippen molar-refractivity contribution in [3.63, 3.8) is 0 Å². The number of aromatic amines is 1. The molecule has 1 aromatic heterocycles. The second-order valence-corrected chi connectivity index (χ2v) is 4.96. The maximum atomic E-state index is 11.7. The number of halogens is 1. The van der Waals surface area contributed by atoms with E-state index >= 15 is 0 Å². The molecular formula is C12H10BrN5O3. The van der Waals surface area contributed by atoms with Crippen LogP contribution in [0.3, 0.4) is 0 Å². The Balaban J connectivity index is 2.06. The van der Waals surface area contributed by atoms with Crippen LogP contribution in [0.4, 0.5) is 5.69 Å². The Labute approximate surface area is 127 Å². The van der Waals surface area contributed by atoms with Gasteiger partial charge in [0.15, 0.2) is 5.69 Å². The predicted molar refractivity (Wildman–Crippen MR) is 79.2 cm³/mol. The van der Waals surface area contributed by atoms with E-state index in [0.717, 1.165) is 5.69 Å². The minimum absolute atomic E-state index is 0.0757. The second kappa shape index (κ2) is 6.27. The van der Waals surface area contributed by atoms with Crippen LogP contribution in [0.25, 0.3) is 0 Å². The van der Waals surface area contributed by atoms with E-state index in [0.29, 0.717) is 10.0 Å². The number of aromatic nitrogens is 2. The number of aryl methyl sites for hydroxylation is 1. The molecule has 0 aliphatic carbocycles. The number of H-pyrrole nitrogens is 1. The molecule has 21 heavy (non-hydrogen) atoms. The molecule has 0 radical (unpaired) electrons. The van der Waals surface area contributed by atoms with Crippen molar-refractivity contribution in [3.05, 3.63) is 55.8 Å². The number of nitro groups is 1. The number of carbonyl (C=O) groups excluding carboxylic acids is 1. The zero-order valence-corrected chi connectivity index (χ0v) is 12.4. The van der Waals surface area contributed by atoms with Crippen LogP contribution in [0.5, 0.6) is 0 Å². The van der Waals surface area contributed by atoms with Gasteiger partial charge in [-0.25, -0.2) is 5.43 Å². The van der Waals surface area contributed by atoms with Crippen LogP contribution in [0, 0.1) is 17.0 Å². The number of amides is 1. The molecule has 2 rings (SSSR count). The molecular weight excluding hydrogens is 342 g/mol. The summed E-state index contributed by atoms with van der Waals surface area (Å²) in [6.45, 7) is 1.77. The average molecular weight is 352 g/mol. The lowest BCUT2D eigenvalue weighted by atomic mass is 10.2. The largest absolute Gasteiger partial charge is 0.291 e. The van der Waals surface area contributed by atoms with Gasteiger partial charge < -0.3 is 0 Å². The highest BCUT2D eigenvalue weighted by Gasteiger charge is 2.11. The Hall–Kier alpha value is -2.55. The molecule has 0 aliphatic rings. The first-order chi connectivity index (χ1) is 9.97. The molecule has 9 heteroatoms. The van der Waals surface area contributed by atoms with Gasteiger partial charge in [-0.15, -0.1) is 0 Å². The van der Waals surface area contributed by atoms with E-state index in [4.69, 9.17) is 0 Å². The van der Waals surface area contributed by atoms with Crippen LogP contribution >= 0.6 is 15.9 Å². The molecule has 0 bridgehead atoms. The first-order valence-electron chi connectivity index (χ1n) is 5.76. The molecule has 0 atom stereocenters. The fourth-order valence-corrected chi connectivity index (χ4v) is 1.90. The van der Waals surface area contributed by atoms with Gasteiger partial charge in [0.2, 0.25) is 0 Å². The van der Waals surface area contributed by atoms with Crippen LogP contribution in [-0.4, -0.2) is 27.2 Å². The summed E-state index contributed by atoms with van der Waals surface area (Å²) in [5.41, 5.74) is 3.68. The number of nitrogens with one attached hydrogen (secondary N) is 2. The minimum atomic E-state index is -0.507. The zero-order chi connectivity index (χ0) is 15.4. The number of hydrogen-bond donors (Lipinski definition) is 2. The molecule has 0 spiro atoms. The first kappa shape index (κ1) is 14.9. The summed E-state index contributed by atoms with van der Waals surface area (Å²) < 4.78 is 0.376. The molecule has 2 N–H and O–H groups in total. The van der Waals surface area contributed by atoms with E-state index in [9.17, 15) is 14.9 Å². The van der Waals surface area contributed by atoms with Crippen molar-refractivity contribution in [1.29, 1.82) is 0 Å². The van der Waals surface area contributed by atoms with Crippen LogP contribution in [0.2, 0.25) is 0 Å². The predicted octanol–water partition coefficient (Wildman–Crippen LogP) is 2.15. The fraction of sp³-hybridized carbons (Fsp3) is 0.0833. The average Bonchev–Trinajstić information content (AvgIpc) is 2.87. The number of carbonyl (C=O) groups is 1. The Kier molecular flexibility index (Phi) is 4.43. The van der Waals surface area contributed by atoms with Gasteiger partial charge >= 0.3 is 0 Å². The van der Waals surface area contributed by atoms with E-state index in [1.165, 1.54) is 12.3 Å². The summed E-state index contributed by atoms with van der Waals surface area (Å²) in [5, 5.41) is 21.0. The lowest BCUT2D eigenvalue weighted by Gasteiger charge is -1.98. The minimum Gasteiger partial charge on any atom is -0.282 e. The third kappa shape index (κ3) is 3.72. The van der Waals surface area contributed by atoms with Crippen molar-refractivity contribution in [2.24, 2.45) is 5.10 Å². The van der Waals surface area contributed by atoms with Gasteiger partial charge in [-0.05, 0) is 35.0 Å². The first-order valence-corrected chi connectivity index (χ1v) is 6.56. The number of benzene rings is 1. The fourth-order valence-electron chi connectivity index (χ4n) is 1.51. The smallest absolute Gasteiger partial charge is 0.282 e. The summed E-state index contributed by atoms with van der Waals surface area (Å²) in [6, 6.07) is 6.09. The second-order valence-electron chi connectivity index (χ2n) is 4.10. The van der Waals surface area contributed by atoms with Crippen molar-refractivity contribution in [1.82, 2.24) is 15.6 Å². The molecule has 108 valence electrons. The molecule has 0 saturated heterocycles. The van der Waals surface area contributed by atoms with E-state index < -0.39 is 10.8 Å². The molecule has 1 amide bonds. The number of rotatable bonds is 4. The van der Waals surface area contributed by atoms with Gasteiger partial charge in [0, 0.05) is 17.3 Å². The van der Waals surface area contributed by atoms with Gasteiger partial charge in [-0.1, -0.05) is 6.07 Å². The standard InChI is InChI=1S/C12H10BrN5O3/c1-7-4-10(16-15-7)12(19)17-14-6-8-2-3-9(13)11(5-8)18(20)21/h2-6H,1H3,(H,15,16)(H,17,19)/b14-6+. The number of nitrogens with zero attached hydrogens (tertiary/aromatic N) is 3. The summed E-state index contributed by atoms with van der Waals surface area (Å²) >= 11 is 3.09. The van der Waals surface area contributed by atoms with Crippen molar-refractivity contribution >= 4 is 33.7 Å². The molecule has 0 unspecified atom stereocenters. The van der Waals surface area contributed by atoms with Crippen molar-refractivity contribution < 1.29 is 9.72 Å². The van der Waals surface area contributed by atoms with Crippen LogP contribution < -0.4 is 5.43 Å². The Morgan fingerprint density at radius 2 is 2.29 bits per heavy atom. The van der Waals surface area contributed by atoms with Gasteiger partial charge in [0.25, 0.3) is 11.6 Å². The molecule has 0 fully saturated rings. The lowest BCUT2D eigenvalue weighted by Crippen LogP contribution is -2.18. The highest BCUT2D eigenvalue weighted by Crippen LogP contribution is 2.24. The maximum Gasteiger partial charge on any atom is 0.291 e. The topological polar surface area (TPSA) is 113 Å². The summed E-state index contributed by atoms with van der Waals surface area (Å²) in [6.07, 6.45) is 1.32. The third-order valence-electron chi connectivity index (χ3n) is 2.49. The molecule has 0 saturated carbocycles. The van der Waals surface area contributed by atoms with Crippen molar-refractivity contribution in [2.45, 2.75) is 6.92 Å². The number of hydrazone groups is 1. The van der Waals surface area contributed by atoms with E-state index in [1.807, 2.05) is 0 Å². The van der Waals surface area contributed by atoms with Gasteiger partial charge in [0.05, 0.1) is 15.6 Å². The lowest BCUT2D eigenvalue weighted by molar-refractivity contribution is -0.385. The van der Waals surface area contributed by atoms with Gasteiger partial charge in [-0.2, -0.15) is 10.2 Å². The van der Waals surface area contributed by atoms with E-state index in [1.54, 1.807) is 25.1 Å². The Bertz CT molecular complexity index is 725. The third-order valence-corrected chi connectivity index (χ3v) is 3.16.